The minimum atomic E-state index is 0.544. The van der Waals surface area contributed by atoms with E-state index in [4.69, 9.17) is 14.5 Å². The number of nitrogens with one attached hydrogen (secondary N) is 1. The molecule has 0 aliphatic carbocycles. The molecule has 29 heavy (non-hydrogen) atoms. The molecule has 2 heterocycles. The van der Waals surface area contributed by atoms with Crippen LogP contribution in [0.2, 0.25) is 0 Å². The maximum atomic E-state index is 5.72. The fourth-order valence-electron chi connectivity index (χ4n) is 3.57. The third-order valence-electron chi connectivity index (χ3n) is 5.11. The lowest BCUT2D eigenvalue weighted by atomic mass is 10.1. The molecule has 1 aliphatic rings. The van der Waals surface area contributed by atoms with Crippen LogP contribution in [0.25, 0.3) is 0 Å². The van der Waals surface area contributed by atoms with Gasteiger partial charge < -0.3 is 19.7 Å². The number of benzene rings is 1. The van der Waals surface area contributed by atoms with Gasteiger partial charge in [0.2, 0.25) is 0 Å². The molecule has 1 aliphatic heterocycles. The summed E-state index contributed by atoms with van der Waals surface area (Å²) in [4.78, 5) is 7.29. The molecule has 0 spiro atoms. The minimum Gasteiger partial charge on any atom is -0.382 e. The fourth-order valence-corrected chi connectivity index (χ4v) is 3.57. The van der Waals surface area contributed by atoms with E-state index in [9.17, 15) is 0 Å². The smallest absolute Gasteiger partial charge is 0.194 e. The van der Waals surface area contributed by atoms with Gasteiger partial charge in [-0.2, -0.15) is 5.10 Å². The number of rotatable bonds is 10. The molecule has 1 aromatic carbocycles. The van der Waals surface area contributed by atoms with Crippen LogP contribution >= 0.6 is 0 Å². The van der Waals surface area contributed by atoms with Crippen LogP contribution in [-0.4, -0.2) is 67.2 Å². The highest BCUT2D eigenvalue weighted by molar-refractivity contribution is 5.80. The van der Waals surface area contributed by atoms with Gasteiger partial charge in [-0.15, -0.1) is 0 Å². The Hall–Kier alpha value is -2.38. The summed E-state index contributed by atoms with van der Waals surface area (Å²) in [5.41, 5.74) is 2.48. The Bertz CT molecular complexity index is 747. The van der Waals surface area contributed by atoms with E-state index in [0.717, 1.165) is 45.2 Å². The van der Waals surface area contributed by atoms with Crippen LogP contribution in [0.15, 0.2) is 47.7 Å². The summed E-state index contributed by atoms with van der Waals surface area (Å²) < 4.78 is 12.7. The third-order valence-corrected chi connectivity index (χ3v) is 5.11. The second-order valence-corrected chi connectivity index (χ2v) is 7.31. The zero-order valence-electron chi connectivity index (χ0n) is 17.6. The summed E-state index contributed by atoms with van der Waals surface area (Å²) in [7, 11) is 1.70. The first kappa shape index (κ1) is 21.3. The molecule has 0 bridgehead atoms. The molecule has 0 amide bonds. The molecule has 1 saturated heterocycles. The van der Waals surface area contributed by atoms with Gasteiger partial charge in [-0.05, 0) is 30.5 Å². The number of hydrogen-bond acceptors (Lipinski definition) is 4. The van der Waals surface area contributed by atoms with Crippen LogP contribution in [0.1, 0.15) is 24.5 Å². The Morgan fingerprint density at radius 3 is 2.86 bits per heavy atom. The fraction of sp³-hybridized carbons (Fsp3) is 0.545. The first-order valence-corrected chi connectivity index (χ1v) is 10.4. The lowest BCUT2D eigenvalue weighted by Gasteiger charge is -2.22. The van der Waals surface area contributed by atoms with E-state index in [1.165, 1.54) is 11.1 Å². The summed E-state index contributed by atoms with van der Waals surface area (Å²) in [6.07, 6.45) is 4.93. The van der Waals surface area contributed by atoms with Crippen LogP contribution in [0.3, 0.4) is 0 Å². The van der Waals surface area contributed by atoms with Crippen LogP contribution < -0.4 is 5.32 Å². The maximum Gasteiger partial charge on any atom is 0.194 e. The summed E-state index contributed by atoms with van der Waals surface area (Å²) in [5, 5.41) is 7.78. The van der Waals surface area contributed by atoms with E-state index in [2.05, 4.69) is 46.5 Å². The van der Waals surface area contributed by atoms with Gasteiger partial charge in [0, 0.05) is 45.1 Å². The van der Waals surface area contributed by atoms with Gasteiger partial charge in [0.15, 0.2) is 5.96 Å². The normalized spacial score (nSPS) is 17.1. The van der Waals surface area contributed by atoms with E-state index in [1.54, 1.807) is 7.11 Å². The van der Waals surface area contributed by atoms with Crippen molar-refractivity contribution in [3.8, 4) is 0 Å². The number of guanidine groups is 1. The van der Waals surface area contributed by atoms with Gasteiger partial charge in [0.1, 0.15) is 0 Å². The van der Waals surface area contributed by atoms with Gasteiger partial charge >= 0.3 is 0 Å². The van der Waals surface area contributed by atoms with Crippen molar-refractivity contribution in [1.82, 2.24) is 20.0 Å². The van der Waals surface area contributed by atoms with Gasteiger partial charge in [-0.1, -0.05) is 24.3 Å². The molecule has 2 aromatic rings. The molecule has 158 valence electrons. The van der Waals surface area contributed by atoms with Crippen molar-refractivity contribution >= 4 is 5.96 Å². The molecule has 0 radical (unpaired) electrons. The number of likely N-dealkylation sites (tertiary alicyclic amines) is 1. The van der Waals surface area contributed by atoms with Crippen LogP contribution in [0.5, 0.6) is 0 Å². The van der Waals surface area contributed by atoms with Crippen LogP contribution in [0.4, 0.5) is 0 Å². The van der Waals surface area contributed by atoms with E-state index < -0.39 is 0 Å². The Balaban J connectivity index is 1.60. The summed E-state index contributed by atoms with van der Waals surface area (Å²) in [6.45, 7) is 8.48. The highest BCUT2D eigenvalue weighted by atomic mass is 16.5. The molecule has 0 saturated carbocycles. The molecule has 7 nitrogen and oxygen atoms in total. The largest absolute Gasteiger partial charge is 0.382 e. The second kappa shape index (κ2) is 11.6. The highest BCUT2D eigenvalue weighted by Crippen LogP contribution is 2.18. The Morgan fingerprint density at radius 1 is 1.24 bits per heavy atom. The topological polar surface area (TPSA) is 63.9 Å². The summed E-state index contributed by atoms with van der Waals surface area (Å²) in [5.74, 6) is 1.53. The van der Waals surface area contributed by atoms with Gasteiger partial charge in [-0.3, -0.25) is 4.68 Å². The maximum absolute atomic E-state index is 5.72. The van der Waals surface area contributed by atoms with E-state index in [1.807, 2.05) is 23.1 Å². The first-order chi connectivity index (χ1) is 14.3. The predicted octanol–water partition coefficient (Wildman–Crippen LogP) is 2.38. The quantitative estimate of drug-likeness (QED) is 0.378. The Labute approximate surface area is 173 Å². The van der Waals surface area contributed by atoms with Crippen molar-refractivity contribution in [2.24, 2.45) is 10.9 Å². The van der Waals surface area contributed by atoms with Crippen LogP contribution in [-0.2, 0) is 22.6 Å². The van der Waals surface area contributed by atoms with Crippen molar-refractivity contribution < 1.29 is 9.47 Å². The molecule has 1 N–H and O–H groups in total. The van der Waals surface area contributed by atoms with E-state index in [-0.39, 0.29) is 0 Å². The lowest BCUT2D eigenvalue weighted by molar-refractivity contribution is 0.0536. The first-order valence-electron chi connectivity index (χ1n) is 10.4. The Kier molecular flexibility index (Phi) is 8.52. The van der Waals surface area contributed by atoms with E-state index >= 15 is 0 Å². The molecule has 1 atom stereocenters. The molecular formula is C22H33N5O2. The molecular weight excluding hydrogens is 366 g/mol. The van der Waals surface area contributed by atoms with Crippen LogP contribution in [0, 0.1) is 5.92 Å². The summed E-state index contributed by atoms with van der Waals surface area (Å²) in [6, 6.07) is 10.4. The van der Waals surface area contributed by atoms with Crippen molar-refractivity contribution in [1.29, 1.82) is 0 Å². The number of aromatic nitrogens is 2. The molecule has 1 unspecified atom stereocenters. The number of ether oxygens (including phenoxy) is 2. The van der Waals surface area contributed by atoms with Crippen molar-refractivity contribution in [2.45, 2.75) is 26.4 Å². The number of hydrogen-bond donors (Lipinski definition) is 1. The zero-order valence-corrected chi connectivity index (χ0v) is 17.6. The second-order valence-electron chi connectivity index (χ2n) is 7.31. The SMILES string of the molecule is CCNC(=NCc1ccccc1Cn1cccn1)N1CCC(COCCOC)C1. The van der Waals surface area contributed by atoms with Crippen molar-refractivity contribution in [2.75, 3.05) is 46.6 Å². The van der Waals surface area contributed by atoms with Gasteiger partial charge in [0.05, 0.1) is 32.9 Å². The lowest BCUT2D eigenvalue weighted by Crippen LogP contribution is -2.40. The van der Waals surface area contributed by atoms with Crippen molar-refractivity contribution in [3.05, 3.63) is 53.9 Å². The number of methoxy groups -OCH3 is 1. The Morgan fingerprint density at radius 2 is 2.10 bits per heavy atom. The van der Waals surface area contributed by atoms with Gasteiger partial charge in [-0.25, -0.2) is 4.99 Å². The van der Waals surface area contributed by atoms with Crippen molar-refractivity contribution in [3.63, 3.8) is 0 Å². The third kappa shape index (κ3) is 6.58. The molecule has 3 rings (SSSR count). The summed E-state index contributed by atoms with van der Waals surface area (Å²) >= 11 is 0. The van der Waals surface area contributed by atoms with Gasteiger partial charge in [0.25, 0.3) is 0 Å². The minimum absolute atomic E-state index is 0.544. The number of aliphatic imine (C=N–C) groups is 1. The average molecular weight is 400 g/mol. The van der Waals surface area contributed by atoms with E-state index in [0.29, 0.717) is 25.7 Å². The molecule has 1 fully saturated rings. The molecule has 1 aromatic heterocycles. The number of nitrogens with zero attached hydrogens (tertiary/aromatic N) is 4. The standard InChI is InChI=1S/C22H33N5O2/c1-3-23-22(26-12-9-19(16-26)18-29-14-13-28-2)24-15-20-7-4-5-8-21(20)17-27-11-6-10-25-27/h4-8,10-11,19H,3,9,12-18H2,1-2H3,(H,23,24). The monoisotopic (exact) mass is 399 g/mol. The highest BCUT2D eigenvalue weighted by Gasteiger charge is 2.25. The molecule has 7 heteroatoms. The predicted molar refractivity (Wildman–Crippen MR) is 115 cm³/mol. The average Bonchev–Trinajstić information content (AvgIpc) is 3.42. The zero-order chi connectivity index (χ0) is 20.3.